The molecule has 3 nitrogen and oxygen atoms in total. The van der Waals surface area contributed by atoms with Crippen LogP contribution in [0.2, 0.25) is 0 Å². The molecule has 18 heavy (non-hydrogen) atoms. The lowest BCUT2D eigenvalue weighted by atomic mass is 10.2. The predicted octanol–water partition coefficient (Wildman–Crippen LogP) is 2.67. The van der Waals surface area contributed by atoms with Crippen LogP contribution >= 0.6 is 0 Å². The van der Waals surface area contributed by atoms with E-state index in [1.807, 2.05) is 6.07 Å². The van der Waals surface area contributed by atoms with Crippen molar-refractivity contribution in [3.8, 4) is 5.75 Å². The van der Waals surface area contributed by atoms with Crippen LogP contribution in [0.15, 0.2) is 53.4 Å². The molecule has 0 saturated carbocycles. The van der Waals surface area contributed by atoms with E-state index in [-0.39, 0.29) is 16.4 Å². The van der Waals surface area contributed by atoms with E-state index in [1.54, 1.807) is 37.3 Å². The van der Waals surface area contributed by atoms with Crippen molar-refractivity contribution in [3.63, 3.8) is 0 Å². The first kappa shape index (κ1) is 12.6. The molecule has 2 aromatic rings. The van der Waals surface area contributed by atoms with Gasteiger partial charge >= 0.3 is 0 Å². The fraction of sp³-hybridized carbons (Fsp3) is 0.143. The smallest absolute Gasteiger partial charge is 0.186 e. The van der Waals surface area contributed by atoms with Crippen LogP contribution in [0.3, 0.4) is 0 Å². The third-order valence-corrected chi connectivity index (χ3v) is 4.36. The first-order valence-corrected chi connectivity index (χ1v) is 7.20. The lowest BCUT2D eigenvalue weighted by Crippen LogP contribution is -2.05. The summed E-state index contributed by atoms with van der Waals surface area (Å²) in [7, 11) is -3.52. The molecule has 4 heteroatoms. The van der Waals surface area contributed by atoms with Gasteiger partial charge in [-0.15, -0.1) is 0 Å². The van der Waals surface area contributed by atoms with Crippen molar-refractivity contribution in [2.45, 2.75) is 17.6 Å². The Morgan fingerprint density at radius 2 is 1.72 bits per heavy atom. The van der Waals surface area contributed by atoms with Crippen molar-refractivity contribution >= 4 is 9.84 Å². The van der Waals surface area contributed by atoms with Crippen LogP contribution < -0.4 is 0 Å². The van der Waals surface area contributed by atoms with E-state index in [0.29, 0.717) is 5.56 Å². The van der Waals surface area contributed by atoms with E-state index in [4.69, 9.17) is 0 Å². The zero-order valence-electron chi connectivity index (χ0n) is 10.00. The molecule has 0 amide bonds. The van der Waals surface area contributed by atoms with Crippen LogP contribution in [-0.4, -0.2) is 13.5 Å². The fourth-order valence-corrected chi connectivity index (χ4v) is 3.28. The monoisotopic (exact) mass is 262 g/mol. The summed E-state index contributed by atoms with van der Waals surface area (Å²) in [4.78, 5) is -0.00801. The Kier molecular flexibility index (Phi) is 3.39. The molecule has 2 rings (SSSR count). The summed E-state index contributed by atoms with van der Waals surface area (Å²) < 4.78 is 24.4. The van der Waals surface area contributed by atoms with Gasteiger partial charge in [0.1, 0.15) is 10.6 Å². The summed E-state index contributed by atoms with van der Waals surface area (Å²) in [6.45, 7) is 1.79. The highest BCUT2D eigenvalue weighted by molar-refractivity contribution is 7.90. The largest absolute Gasteiger partial charge is 0.507 e. The zero-order chi connectivity index (χ0) is 13.2. The van der Waals surface area contributed by atoms with Crippen molar-refractivity contribution in [2.24, 2.45) is 0 Å². The molecule has 0 heterocycles. The number of hydrogen-bond acceptors (Lipinski definition) is 3. The SMILES string of the molecule is Cc1ccc(O)c(S(=O)(=O)Cc2ccccc2)c1. The summed E-state index contributed by atoms with van der Waals surface area (Å²) >= 11 is 0. The van der Waals surface area contributed by atoms with Gasteiger partial charge in [-0.25, -0.2) is 8.42 Å². The number of hydrogen-bond donors (Lipinski definition) is 1. The number of benzene rings is 2. The molecule has 0 aliphatic rings. The molecule has 0 spiro atoms. The highest BCUT2D eigenvalue weighted by Gasteiger charge is 2.19. The second kappa shape index (κ2) is 4.82. The average Bonchev–Trinajstić information content (AvgIpc) is 2.33. The molecule has 0 aliphatic heterocycles. The van der Waals surface area contributed by atoms with E-state index < -0.39 is 9.84 Å². The minimum atomic E-state index is -3.52. The molecular formula is C14H14O3S. The Labute approximate surface area is 107 Å². The van der Waals surface area contributed by atoms with Gasteiger partial charge in [-0.2, -0.15) is 0 Å². The third kappa shape index (κ3) is 2.71. The van der Waals surface area contributed by atoms with Crippen molar-refractivity contribution in [1.82, 2.24) is 0 Å². The first-order chi connectivity index (χ1) is 8.49. The lowest BCUT2D eigenvalue weighted by Gasteiger charge is -2.07. The van der Waals surface area contributed by atoms with Crippen LogP contribution in [0.25, 0.3) is 0 Å². The minimum absolute atomic E-state index is 0.00801. The van der Waals surface area contributed by atoms with Gasteiger partial charge in [0.25, 0.3) is 0 Å². The van der Waals surface area contributed by atoms with E-state index in [0.717, 1.165) is 5.56 Å². The number of aromatic hydroxyl groups is 1. The maximum absolute atomic E-state index is 12.2. The van der Waals surface area contributed by atoms with Gasteiger partial charge in [0, 0.05) is 0 Å². The molecule has 1 N–H and O–H groups in total. The fourth-order valence-electron chi connectivity index (χ4n) is 1.74. The summed E-state index contributed by atoms with van der Waals surface area (Å²) in [6, 6.07) is 13.5. The Hall–Kier alpha value is -1.81. The van der Waals surface area contributed by atoms with Crippen LogP contribution in [0.4, 0.5) is 0 Å². The number of rotatable bonds is 3. The topological polar surface area (TPSA) is 54.4 Å². The van der Waals surface area contributed by atoms with Crippen LogP contribution in [-0.2, 0) is 15.6 Å². The molecule has 0 aromatic heterocycles. The average molecular weight is 262 g/mol. The van der Waals surface area contributed by atoms with Gasteiger partial charge in [0.05, 0.1) is 5.75 Å². The Balaban J connectivity index is 2.40. The standard InChI is InChI=1S/C14H14O3S/c1-11-7-8-13(15)14(9-11)18(16,17)10-12-5-3-2-4-6-12/h2-9,15H,10H2,1H3. The quantitative estimate of drug-likeness (QED) is 0.925. The minimum Gasteiger partial charge on any atom is -0.507 e. The van der Waals surface area contributed by atoms with Gasteiger partial charge in [-0.1, -0.05) is 36.4 Å². The number of sulfone groups is 1. The van der Waals surface area contributed by atoms with Crippen molar-refractivity contribution in [3.05, 3.63) is 59.7 Å². The Morgan fingerprint density at radius 1 is 1.06 bits per heavy atom. The van der Waals surface area contributed by atoms with Gasteiger partial charge in [0.15, 0.2) is 9.84 Å². The van der Waals surface area contributed by atoms with E-state index in [1.165, 1.54) is 12.1 Å². The van der Waals surface area contributed by atoms with Crippen LogP contribution in [0.5, 0.6) is 5.75 Å². The maximum atomic E-state index is 12.2. The number of aryl methyl sites for hydroxylation is 1. The Morgan fingerprint density at radius 3 is 2.39 bits per heavy atom. The van der Waals surface area contributed by atoms with Gasteiger partial charge in [-0.3, -0.25) is 0 Å². The van der Waals surface area contributed by atoms with E-state index in [9.17, 15) is 13.5 Å². The molecule has 0 fully saturated rings. The number of phenols is 1. The van der Waals surface area contributed by atoms with E-state index >= 15 is 0 Å². The van der Waals surface area contributed by atoms with Crippen LogP contribution in [0, 0.1) is 6.92 Å². The number of phenolic OH excluding ortho intramolecular Hbond substituents is 1. The molecule has 0 aliphatic carbocycles. The second-order valence-corrected chi connectivity index (χ2v) is 6.17. The van der Waals surface area contributed by atoms with E-state index in [2.05, 4.69) is 0 Å². The first-order valence-electron chi connectivity index (χ1n) is 5.55. The molecule has 0 unspecified atom stereocenters. The highest BCUT2D eigenvalue weighted by atomic mass is 32.2. The Bertz CT molecular complexity index is 646. The predicted molar refractivity (Wildman–Crippen MR) is 70.2 cm³/mol. The molecule has 0 bridgehead atoms. The normalized spacial score (nSPS) is 11.4. The molecular weight excluding hydrogens is 248 g/mol. The maximum Gasteiger partial charge on any atom is 0.186 e. The van der Waals surface area contributed by atoms with Crippen molar-refractivity contribution in [2.75, 3.05) is 0 Å². The lowest BCUT2D eigenvalue weighted by molar-refractivity contribution is 0.458. The molecule has 94 valence electrons. The molecule has 0 radical (unpaired) electrons. The zero-order valence-corrected chi connectivity index (χ0v) is 10.8. The molecule has 0 saturated heterocycles. The van der Waals surface area contributed by atoms with Crippen LogP contribution in [0.1, 0.15) is 11.1 Å². The summed E-state index contributed by atoms with van der Waals surface area (Å²) in [5.41, 5.74) is 1.51. The summed E-state index contributed by atoms with van der Waals surface area (Å²) in [5.74, 6) is -0.304. The summed E-state index contributed by atoms with van der Waals surface area (Å²) in [6.07, 6.45) is 0. The van der Waals surface area contributed by atoms with Crippen molar-refractivity contribution < 1.29 is 13.5 Å². The van der Waals surface area contributed by atoms with Crippen molar-refractivity contribution in [1.29, 1.82) is 0 Å². The van der Waals surface area contributed by atoms with Gasteiger partial charge < -0.3 is 5.11 Å². The second-order valence-electron chi connectivity index (χ2n) is 4.22. The molecule has 0 atom stereocenters. The summed E-state index contributed by atoms with van der Waals surface area (Å²) in [5, 5.41) is 9.67. The third-order valence-electron chi connectivity index (χ3n) is 2.65. The molecule has 2 aromatic carbocycles. The van der Waals surface area contributed by atoms with Gasteiger partial charge in [-0.05, 0) is 30.2 Å². The van der Waals surface area contributed by atoms with Gasteiger partial charge in [0.2, 0.25) is 0 Å². The highest BCUT2D eigenvalue weighted by Crippen LogP contribution is 2.26.